The van der Waals surface area contributed by atoms with Gasteiger partial charge in [0.2, 0.25) is 0 Å². The number of ether oxygens (including phenoxy) is 1. The molecule has 0 aliphatic rings. The maximum atomic E-state index is 13.9. The van der Waals surface area contributed by atoms with Gasteiger partial charge in [-0.3, -0.25) is 9.78 Å². The summed E-state index contributed by atoms with van der Waals surface area (Å²) in [4.78, 5) is 16.5. The highest BCUT2D eigenvalue weighted by Gasteiger charge is 2.15. The Morgan fingerprint density at radius 2 is 1.79 bits per heavy atom. The lowest BCUT2D eigenvalue weighted by Crippen LogP contribution is -2.06. The van der Waals surface area contributed by atoms with E-state index >= 15 is 0 Å². The van der Waals surface area contributed by atoms with Gasteiger partial charge in [0.25, 0.3) is 0 Å². The molecular formula is C15H14FNO2. The molecule has 0 bridgehead atoms. The molecule has 0 radical (unpaired) electrons. The van der Waals surface area contributed by atoms with E-state index in [0.29, 0.717) is 11.3 Å². The standard InChI is InChI=1S/C15H14FNO2/c1-9-6-11(7-10(2)17-9)15(18)13-5-4-12(19-3)8-14(13)16/h4-8H,1-3H3. The monoisotopic (exact) mass is 259 g/mol. The van der Waals surface area contributed by atoms with E-state index in [0.717, 1.165) is 11.4 Å². The van der Waals surface area contributed by atoms with Crippen molar-refractivity contribution in [3.05, 3.63) is 58.7 Å². The van der Waals surface area contributed by atoms with Crippen LogP contribution in [0.1, 0.15) is 27.3 Å². The van der Waals surface area contributed by atoms with Gasteiger partial charge in [-0.1, -0.05) is 0 Å². The van der Waals surface area contributed by atoms with Crippen molar-refractivity contribution in [3.8, 4) is 5.75 Å². The van der Waals surface area contributed by atoms with Gasteiger partial charge in [-0.05, 0) is 38.1 Å². The van der Waals surface area contributed by atoms with Gasteiger partial charge in [0.15, 0.2) is 5.78 Å². The van der Waals surface area contributed by atoms with Crippen molar-refractivity contribution in [3.63, 3.8) is 0 Å². The molecule has 0 aliphatic carbocycles. The van der Waals surface area contributed by atoms with Crippen LogP contribution in [0.3, 0.4) is 0 Å². The Morgan fingerprint density at radius 3 is 2.32 bits per heavy atom. The van der Waals surface area contributed by atoms with Crippen LogP contribution in [0.4, 0.5) is 4.39 Å². The van der Waals surface area contributed by atoms with E-state index in [1.54, 1.807) is 32.0 Å². The fraction of sp³-hybridized carbons (Fsp3) is 0.200. The minimum Gasteiger partial charge on any atom is -0.497 e. The Morgan fingerprint density at radius 1 is 1.16 bits per heavy atom. The zero-order chi connectivity index (χ0) is 14.0. The normalized spacial score (nSPS) is 10.3. The number of hydrogen-bond donors (Lipinski definition) is 0. The van der Waals surface area contributed by atoms with Crippen LogP contribution in [-0.2, 0) is 0 Å². The molecule has 2 aromatic rings. The third kappa shape index (κ3) is 2.78. The summed E-state index contributed by atoms with van der Waals surface area (Å²) in [6.07, 6.45) is 0. The van der Waals surface area contributed by atoms with Crippen LogP contribution in [-0.4, -0.2) is 17.9 Å². The number of benzene rings is 1. The Kier molecular flexibility index (Phi) is 3.60. The minimum absolute atomic E-state index is 0.0331. The summed E-state index contributed by atoms with van der Waals surface area (Å²) in [6.45, 7) is 3.60. The van der Waals surface area contributed by atoms with Crippen molar-refractivity contribution < 1.29 is 13.9 Å². The molecule has 0 unspecified atom stereocenters. The first-order valence-corrected chi connectivity index (χ1v) is 5.85. The number of hydrogen-bond acceptors (Lipinski definition) is 3. The Bertz CT molecular complexity index is 618. The van der Waals surface area contributed by atoms with Crippen LogP contribution >= 0.6 is 0 Å². The van der Waals surface area contributed by atoms with Crippen molar-refractivity contribution in [1.29, 1.82) is 0 Å². The van der Waals surface area contributed by atoms with Gasteiger partial charge in [-0.25, -0.2) is 4.39 Å². The quantitative estimate of drug-likeness (QED) is 0.795. The molecule has 0 aliphatic heterocycles. The molecule has 1 heterocycles. The molecule has 0 fully saturated rings. The van der Waals surface area contributed by atoms with Gasteiger partial charge in [-0.2, -0.15) is 0 Å². The maximum Gasteiger partial charge on any atom is 0.196 e. The van der Waals surface area contributed by atoms with Crippen molar-refractivity contribution in [2.24, 2.45) is 0 Å². The van der Waals surface area contributed by atoms with Crippen LogP contribution in [0.25, 0.3) is 0 Å². The highest BCUT2D eigenvalue weighted by Crippen LogP contribution is 2.19. The molecule has 19 heavy (non-hydrogen) atoms. The summed E-state index contributed by atoms with van der Waals surface area (Å²) in [7, 11) is 1.45. The summed E-state index contributed by atoms with van der Waals surface area (Å²) >= 11 is 0. The first kappa shape index (κ1) is 13.2. The lowest BCUT2D eigenvalue weighted by molar-refractivity contribution is 0.103. The molecule has 0 N–H and O–H groups in total. The van der Waals surface area contributed by atoms with Crippen molar-refractivity contribution in [2.75, 3.05) is 7.11 Å². The van der Waals surface area contributed by atoms with Gasteiger partial charge >= 0.3 is 0 Å². The molecule has 1 aromatic heterocycles. The van der Waals surface area contributed by atoms with Crippen molar-refractivity contribution in [2.45, 2.75) is 13.8 Å². The predicted molar refractivity (Wildman–Crippen MR) is 70.1 cm³/mol. The molecule has 98 valence electrons. The molecular weight excluding hydrogens is 245 g/mol. The van der Waals surface area contributed by atoms with E-state index in [-0.39, 0.29) is 11.3 Å². The second kappa shape index (κ2) is 5.18. The fourth-order valence-electron chi connectivity index (χ4n) is 1.93. The van der Waals surface area contributed by atoms with Crippen LogP contribution in [0.2, 0.25) is 0 Å². The lowest BCUT2D eigenvalue weighted by Gasteiger charge is -2.06. The van der Waals surface area contributed by atoms with Gasteiger partial charge in [-0.15, -0.1) is 0 Å². The molecule has 3 nitrogen and oxygen atoms in total. The van der Waals surface area contributed by atoms with Gasteiger partial charge in [0.1, 0.15) is 11.6 Å². The zero-order valence-corrected chi connectivity index (χ0v) is 11.0. The Labute approximate surface area is 111 Å². The van der Waals surface area contributed by atoms with E-state index in [1.165, 1.54) is 19.2 Å². The zero-order valence-electron chi connectivity index (χ0n) is 11.0. The first-order valence-electron chi connectivity index (χ1n) is 5.85. The van der Waals surface area contributed by atoms with Crippen LogP contribution in [0, 0.1) is 19.7 Å². The average molecular weight is 259 g/mol. The lowest BCUT2D eigenvalue weighted by atomic mass is 10.0. The Hall–Kier alpha value is -2.23. The number of aryl methyl sites for hydroxylation is 2. The average Bonchev–Trinajstić information content (AvgIpc) is 2.36. The molecule has 2 rings (SSSR count). The number of halogens is 1. The summed E-state index contributed by atoms with van der Waals surface area (Å²) in [5.41, 5.74) is 1.94. The van der Waals surface area contributed by atoms with Crippen molar-refractivity contribution in [1.82, 2.24) is 4.98 Å². The van der Waals surface area contributed by atoms with E-state index < -0.39 is 5.82 Å². The number of pyridine rings is 1. The fourth-order valence-corrected chi connectivity index (χ4v) is 1.93. The molecule has 0 saturated heterocycles. The third-order valence-corrected chi connectivity index (χ3v) is 2.76. The van der Waals surface area contributed by atoms with Gasteiger partial charge in [0.05, 0.1) is 12.7 Å². The molecule has 0 saturated carbocycles. The highest BCUT2D eigenvalue weighted by molar-refractivity contribution is 6.09. The second-order valence-corrected chi connectivity index (χ2v) is 4.31. The predicted octanol–water partition coefficient (Wildman–Crippen LogP) is 3.08. The number of carbonyl (C=O) groups excluding carboxylic acids is 1. The summed E-state index contributed by atoms with van der Waals surface area (Å²) in [5.74, 6) is -0.554. The summed E-state index contributed by atoms with van der Waals surface area (Å²) in [6, 6.07) is 7.50. The summed E-state index contributed by atoms with van der Waals surface area (Å²) < 4.78 is 18.8. The maximum absolute atomic E-state index is 13.9. The topological polar surface area (TPSA) is 39.2 Å². The molecule has 0 atom stereocenters. The van der Waals surface area contributed by atoms with E-state index in [1.807, 2.05) is 0 Å². The SMILES string of the molecule is COc1ccc(C(=O)c2cc(C)nc(C)c2)c(F)c1. The molecule has 0 spiro atoms. The smallest absolute Gasteiger partial charge is 0.196 e. The van der Waals surface area contributed by atoms with Crippen LogP contribution < -0.4 is 4.74 Å². The highest BCUT2D eigenvalue weighted by atomic mass is 19.1. The summed E-state index contributed by atoms with van der Waals surface area (Å²) in [5, 5.41) is 0. The number of rotatable bonds is 3. The van der Waals surface area contributed by atoms with Gasteiger partial charge in [0, 0.05) is 23.0 Å². The van der Waals surface area contributed by atoms with E-state index in [2.05, 4.69) is 4.98 Å². The number of nitrogens with zero attached hydrogens (tertiary/aromatic N) is 1. The van der Waals surface area contributed by atoms with Gasteiger partial charge < -0.3 is 4.74 Å². The number of carbonyl (C=O) groups is 1. The molecule has 0 amide bonds. The van der Waals surface area contributed by atoms with Crippen LogP contribution in [0.15, 0.2) is 30.3 Å². The molecule has 4 heteroatoms. The third-order valence-electron chi connectivity index (χ3n) is 2.76. The van der Waals surface area contributed by atoms with E-state index in [9.17, 15) is 9.18 Å². The van der Waals surface area contributed by atoms with Crippen LogP contribution in [0.5, 0.6) is 5.75 Å². The van der Waals surface area contributed by atoms with E-state index in [4.69, 9.17) is 4.74 Å². The number of aromatic nitrogens is 1. The first-order chi connectivity index (χ1) is 9.01. The second-order valence-electron chi connectivity index (χ2n) is 4.31. The van der Waals surface area contributed by atoms with Crippen molar-refractivity contribution >= 4 is 5.78 Å². The largest absolute Gasteiger partial charge is 0.497 e. The molecule has 1 aromatic carbocycles. The Balaban J connectivity index is 2.44. The number of methoxy groups -OCH3 is 1. The minimum atomic E-state index is -0.587. The number of ketones is 1.